The molecule has 0 amide bonds. The van der Waals surface area contributed by atoms with Crippen LogP contribution >= 0.6 is 0 Å². The van der Waals surface area contributed by atoms with Crippen LogP contribution in [-0.4, -0.2) is 33.0 Å². The molecule has 2 aliphatic heterocycles. The number of hydrogen-bond donors (Lipinski definition) is 1. The molecule has 0 bridgehead atoms. The Hall–Kier alpha value is -2.99. The van der Waals surface area contributed by atoms with Gasteiger partial charge in [0.15, 0.2) is 11.5 Å². The molecule has 3 heterocycles. The smallest absolute Gasteiger partial charge is 0.344 e. The van der Waals surface area contributed by atoms with E-state index in [2.05, 4.69) is 16.3 Å². The van der Waals surface area contributed by atoms with Crippen LogP contribution in [0, 0.1) is 0 Å². The van der Waals surface area contributed by atoms with Crippen molar-refractivity contribution < 1.29 is 13.9 Å². The summed E-state index contributed by atoms with van der Waals surface area (Å²) in [6, 6.07) is 13.4. The Kier molecular flexibility index (Phi) is 3.57. The topological polar surface area (TPSA) is 63.9 Å². The van der Waals surface area contributed by atoms with E-state index in [0.717, 1.165) is 42.8 Å². The first-order chi connectivity index (χ1) is 12.8. The molecule has 132 valence electrons. The molecule has 1 aromatic heterocycles. The molecule has 3 aromatic rings. The summed E-state index contributed by atoms with van der Waals surface area (Å²) in [6.45, 7) is 4.03. The van der Waals surface area contributed by atoms with Crippen LogP contribution in [0.4, 0.5) is 5.69 Å². The van der Waals surface area contributed by atoms with Gasteiger partial charge in [-0.1, -0.05) is 6.07 Å². The number of hydrogen-bond acceptors (Lipinski definition) is 6. The second-order valence-electron chi connectivity index (χ2n) is 6.47. The van der Waals surface area contributed by atoms with Crippen LogP contribution in [0.25, 0.3) is 22.1 Å². The molecule has 6 nitrogen and oxygen atoms in total. The lowest BCUT2D eigenvalue weighted by Crippen LogP contribution is -2.43. The summed E-state index contributed by atoms with van der Waals surface area (Å²) in [5.41, 5.74) is 2.61. The predicted molar refractivity (Wildman–Crippen MR) is 99.1 cm³/mol. The fraction of sp³-hybridized carbons (Fsp3) is 0.250. The van der Waals surface area contributed by atoms with Gasteiger partial charge in [0, 0.05) is 43.3 Å². The highest BCUT2D eigenvalue weighted by molar-refractivity contribution is 5.85. The zero-order valence-electron chi connectivity index (χ0n) is 14.2. The number of fused-ring (bicyclic) bond motifs is 2. The summed E-state index contributed by atoms with van der Waals surface area (Å²) in [6.07, 6.45) is 0. The molecule has 2 aromatic carbocycles. The third-order valence-electron chi connectivity index (χ3n) is 4.89. The summed E-state index contributed by atoms with van der Waals surface area (Å²) in [7, 11) is 0. The van der Waals surface area contributed by atoms with E-state index >= 15 is 0 Å². The molecule has 2 aliphatic rings. The van der Waals surface area contributed by atoms with E-state index in [1.54, 1.807) is 0 Å². The molecule has 0 spiro atoms. The lowest BCUT2D eigenvalue weighted by molar-refractivity contribution is 0.174. The van der Waals surface area contributed by atoms with Gasteiger partial charge in [-0.2, -0.15) is 0 Å². The summed E-state index contributed by atoms with van der Waals surface area (Å²) in [5.74, 6) is 1.34. The number of nitrogens with zero attached hydrogens (tertiary/aromatic N) is 1. The maximum absolute atomic E-state index is 12.6. The summed E-state index contributed by atoms with van der Waals surface area (Å²) in [4.78, 5) is 14.9. The van der Waals surface area contributed by atoms with Crippen molar-refractivity contribution in [2.75, 3.05) is 37.9 Å². The zero-order valence-corrected chi connectivity index (χ0v) is 14.2. The molecule has 6 heteroatoms. The molecular formula is C20H18N2O4. The van der Waals surface area contributed by atoms with Crippen molar-refractivity contribution in [1.29, 1.82) is 0 Å². The van der Waals surface area contributed by atoms with Gasteiger partial charge < -0.3 is 24.1 Å². The van der Waals surface area contributed by atoms with Crippen LogP contribution in [0.5, 0.6) is 11.5 Å². The Balaban J connectivity index is 1.55. The molecule has 0 radical (unpaired) electrons. The van der Waals surface area contributed by atoms with Crippen LogP contribution in [0.2, 0.25) is 0 Å². The van der Waals surface area contributed by atoms with E-state index in [9.17, 15) is 4.79 Å². The van der Waals surface area contributed by atoms with E-state index < -0.39 is 0 Å². The van der Waals surface area contributed by atoms with E-state index in [1.807, 2.05) is 36.4 Å². The Labute approximate surface area is 149 Å². The molecule has 0 atom stereocenters. The summed E-state index contributed by atoms with van der Waals surface area (Å²) in [5, 5.41) is 4.24. The summed E-state index contributed by atoms with van der Waals surface area (Å²) < 4.78 is 16.4. The number of rotatable bonds is 2. The molecule has 1 N–H and O–H groups in total. The highest BCUT2D eigenvalue weighted by Crippen LogP contribution is 2.35. The maximum atomic E-state index is 12.6. The Morgan fingerprint density at radius 3 is 2.65 bits per heavy atom. The van der Waals surface area contributed by atoms with Gasteiger partial charge in [-0.15, -0.1) is 0 Å². The first-order valence-corrected chi connectivity index (χ1v) is 8.71. The molecule has 0 unspecified atom stereocenters. The Bertz CT molecular complexity index is 1040. The SMILES string of the molecule is O=c1oc2cc(N3CCNCC3)ccc2cc1-c1ccc2c(c1)OCO2. The van der Waals surface area contributed by atoms with E-state index in [4.69, 9.17) is 13.9 Å². The van der Waals surface area contributed by atoms with Crippen molar-refractivity contribution in [2.45, 2.75) is 0 Å². The summed E-state index contributed by atoms with van der Waals surface area (Å²) >= 11 is 0. The molecular weight excluding hydrogens is 332 g/mol. The standard InChI is InChI=1S/C20H18N2O4/c23-20-16(13-2-4-17-19(10-13)25-12-24-17)9-14-1-3-15(11-18(14)26-20)22-7-5-21-6-8-22/h1-4,9-11,21H,5-8,12H2. The van der Waals surface area contributed by atoms with Gasteiger partial charge >= 0.3 is 5.63 Å². The van der Waals surface area contributed by atoms with Gasteiger partial charge in [0.1, 0.15) is 5.58 Å². The largest absolute Gasteiger partial charge is 0.454 e. The first kappa shape index (κ1) is 15.3. The van der Waals surface area contributed by atoms with Gasteiger partial charge in [0.2, 0.25) is 6.79 Å². The minimum Gasteiger partial charge on any atom is -0.454 e. The average molecular weight is 350 g/mol. The average Bonchev–Trinajstić information content (AvgIpc) is 3.15. The van der Waals surface area contributed by atoms with E-state index in [1.165, 1.54) is 0 Å². The van der Waals surface area contributed by atoms with Crippen molar-refractivity contribution in [3.05, 3.63) is 52.9 Å². The van der Waals surface area contributed by atoms with Crippen LogP contribution in [0.1, 0.15) is 0 Å². The van der Waals surface area contributed by atoms with Crippen molar-refractivity contribution in [3.8, 4) is 22.6 Å². The minimum absolute atomic E-state index is 0.208. The van der Waals surface area contributed by atoms with Crippen LogP contribution in [-0.2, 0) is 0 Å². The second kappa shape index (κ2) is 6.07. The van der Waals surface area contributed by atoms with Crippen molar-refractivity contribution >= 4 is 16.7 Å². The first-order valence-electron chi connectivity index (χ1n) is 8.71. The number of benzene rings is 2. The lowest BCUT2D eigenvalue weighted by Gasteiger charge is -2.29. The van der Waals surface area contributed by atoms with Gasteiger partial charge in [-0.05, 0) is 35.9 Å². The molecule has 5 rings (SSSR count). The third kappa shape index (κ3) is 2.59. The van der Waals surface area contributed by atoms with Gasteiger partial charge in [0.25, 0.3) is 0 Å². The van der Waals surface area contributed by atoms with Gasteiger partial charge in [-0.3, -0.25) is 0 Å². The molecule has 1 saturated heterocycles. The second-order valence-corrected chi connectivity index (χ2v) is 6.47. The molecule has 0 aliphatic carbocycles. The van der Waals surface area contributed by atoms with Crippen LogP contribution in [0.3, 0.4) is 0 Å². The normalized spacial score (nSPS) is 16.2. The van der Waals surface area contributed by atoms with Crippen molar-refractivity contribution in [2.24, 2.45) is 0 Å². The monoisotopic (exact) mass is 350 g/mol. The van der Waals surface area contributed by atoms with E-state index in [0.29, 0.717) is 22.6 Å². The zero-order chi connectivity index (χ0) is 17.5. The number of anilines is 1. The number of nitrogens with one attached hydrogen (secondary N) is 1. The minimum atomic E-state index is -0.353. The van der Waals surface area contributed by atoms with Gasteiger partial charge in [0.05, 0.1) is 5.56 Å². The molecule has 26 heavy (non-hydrogen) atoms. The fourth-order valence-corrected chi connectivity index (χ4v) is 3.48. The molecule has 0 saturated carbocycles. The predicted octanol–water partition coefficient (Wildman–Crippen LogP) is 2.60. The Morgan fingerprint density at radius 1 is 0.923 bits per heavy atom. The van der Waals surface area contributed by atoms with E-state index in [-0.39, 0.29) is 12.4 Å². The number of ether oxygens (including phenoxy) is 2. The van der Waals surface area contributed by atoms with Gasteiger partial charge in [-0.25, -0.2) is 4.79 Å². The fourth-order valence-electron chi connectivity index (χ4n) is 3.48. The highest BCUT2D eigenvalue weighted by atomic mass is 16.7. The van der Waals surface area contributed by atoms with Crippen LogP contribution < -0.4 is 25.3 Å². The molecule has 1 fully saturated rings. The quantitative estimate of drug-likeness (QED) is 0.717. The van der Waals surface area contributed by atoms with Crippen molar-refractivity contribution in [3.63, 3.8) is 0 Å². The maximum Gasteiger partial charge on any atom is 0.344 e. The Morgan fingerprint density at radius 2 is 1.77 bits per heavy atom. The highest BCUT2D eigenvalue weighted by Gasteiger charge is 2.17. The third-order valence-corrected chi connectivity index (χ3v) is 4.89. The number of piperazine rings is 1. The van der Waals surface area contributed by atoms with Crippen LogP contribution in [0.15, 0.2) is 51.7 Å². The lowest BCUT2D eigenvalue weighted by atomic mass is 10.0. The van der Waals surface area contributed by atoms with Crippen molar-refractivity contribution in [1.82, 2.24) is 5.32 Å².